The van der Waals surface area contributed by atoms with Crippen LogP contribution in [-0.2, 0) is 14.3 Å². The van der Waals surface area contributed by atoms with Crippen molar-refractivity contribution in [1.82, 2.24) is 0 Å². The lowest BCUT2D eigenvalue weighted by molar-refractivity contribution is -0.146. The second-order valence-electron chi connectivity index (χ2n) is 5.47. The zero-order valence-electron chi connectivity index (χ0n) is 14.2. The van der Waals surface area contributed by atoms with Crippen molar-refractivity contribution in [2.75, 3.05) is 21.3 Å². The predicted molar refractivity (Wildman–Crippen MR) is 88.5 cm³/mol. The summed E-state index contributed by atoms with van der Waals surface area (Å²) >= 11 is 0. The molecule has 0 atom stereocenters. The standard InChI is InChI=1S/C18H22O6/c1-21-15-10-12(11-16(22-2)18(15)23-3)4-9-17(20)24-14-7-5-13(19)6-8-14/h4,9-11,14H,5-8H2,1-3H3/b9-4+. The maximum atomic E-state index is 11.9. The van der Waals surface area contributed by atoms with Gasteiger partial charge in [-0.05, 0) is 36.6 Å². The van der Waals surface area contributed by atoms with Crippen molar-refractivity contribution in [2.45, 2.75) is 31.8 Å². The minimum atomic E-state index is -0.428. The summed E-state index contributed by atoms with van der Waals surface area (Å²) in [4.78, 5) is 23.1. The van der Waals surface area contributed by atoms with Gasteiger partial charge in [0.2, 0.25) is 5.75 Å². The number of Topliss-reactive ketones (excluding diaryl/α,β-unsaturated/α-hetero) is 1. The number of methoxy groups -OCH3 is 3. The van der Waals surface area contributed by atoms with Crippen molar-refractivity contribution in [3.05, 3.63) is 23.8 Å². The summed E-state index contributed by atoms with van der Waals surface area (Å²) in [7, 11) is 4.59. The van der Waals surface area contributed by atoms with Crippen molar-refractivity contribution < 1.29 is 28.5 Å². The van der Waals surface area contributed by atoms with Crippen LogP contribution in [0, 0.1) is 0 Å². The molecule has 1 aromatic carbocycles. The van der Waals surface area contributed by atoms with E-state index in [2.05, 4.69) is 0 Å². The number of carbonyl (C=O) groups excluding carboxylic acids is 2. The Morgan fingerprint density at radius 3 is 2.12 bits per heavy atom. The van der Waals surface area contributed by atoms with Gasteiger partial charge in [-0.2, -0.15) is 0 Å². The largest absolute Gasteiger partial charge is 0.493 e. The van der Waals surface area contributed by atoms with Gasteiger partial charge in [0.25, 0.3) is 0 Å². The summed E-state index contributed by atoms with van der Waals surface area (Å²) in [6.07, 6.45) is 4.96. The highest BCUT2D eigenvalue weighted by molar-refractivity contribution is 5.87. The molecule has 0 unspecified atom stereocenters. The minimum Gasteiger partial charge on any atom is -0.493 e. The number of rotatable bonds is 6. The van der Waals surface area contributed by atoms with Crippen LogP contribution in [0.2, 0.25) is 0 Å². The molecule has 6 nitrogen and oxygen atoms in total. The molecule has 0 saturated heterocycles. The highest BCUT2D eigenvalue weighted by atomic mass is 16.5. The maximum absolute atomic E-state index is 11.9. The molecule has 0 heterocycles. The van der Waals surface area contributed by atoms with E-state index >= 15 is 0 Å². The number of esters is 1. The van der Waals surface area contributed by atoms with Crippen molar-refractivity contribution in [3.8, 4) is 17.2 Å². The molecule has 0 bridgehead atoms. The molecule has 6 heteroatoms. The number of ketones is 1. The van der Waals surface area contributed by atoms with E-state index in [0.717, 1.165) is 5.56 Å². The van der Waals surface area contributed by atoms with E-state index in [1.165, 1.54) is 27.4 Å². The van der Waals surface area contributed by atoms with Gasteiger partial charge in [0.1, 0.15) is 11.9 Å². The molecule has 24 heavy (non-hydrogen) atoms. The molecule has 1 aromatic rings. The third-order valence-electron chi connectivity index (χ3n) is 3.87. The third-order valence-corrected chi connectivity index (χ3v) is 3.87. The van der Waals surface area contributed by atoms with E-state index < -0.39 is 5.97 Å². The normalized spacial score (nSPS) is 15.4. The zero-order chi connectivity index (χ0) is 17.5. The average Bonchev–Trinajstić information content (AvgIpc) is 2.60. The van der Waals surface area contributed by atoms with Crippen LogP contribution in [0.4, 0.5) is 0 Å². The van der Waals surface area contributed by atoms with Crippen LogP contribution in [0.1, 0.15) is 31.2 Å². The van der Waals surface area contributed by atoms with Gasteiger partial charge in [-0.15, -0.1) is 0 Å². The van der Waals surface area contributed by atoms with E-state index in [0.29, 0.717) is 42.9 Å². The Balaban J connectivity index is 2.05. The first kappa shape index (κ1) is 17.8. The SMILES string of the molecule is COc1cc(/C=C/C(=O)OC2CCC(=O)CC2)cc(OC)c1OC. The molecule has 1 aliphatic rings. The summed E-state index contributed by atoms with van der Waals surface area (Å²) < 4.78 is 21.2. The summed E-state index contributed by atoms with van der Waals surface area (Å²) in [5.74, 6) is 1.32. The Bertz CT molecular complexity index is 599. The fraction of sp³-hybridized carbons (Fsp3) is 0.444. The van der Waals surface area contributed by atoms with Crippen LogP contribution in [0.25, 0.3) is 6.08 Å². The minimum absolute atomic E-state index is 0.181. The summed E-state index contributed by atoms with van der Waals surface area (Å²) in [5, 5.41) is 0. The summed E-state index contributed by atoms with van der Waals surface area (Å²) in [6, 6.07) is 3.48. The quantitative estimate of drug-likeness (QED) is 0.588. The Morgan fingerprint density at radius 1 is 1.04 bits per heavy atom. The lowest BCUT2D eigenvalue weighted by atomic mass is 9.96. The summed E-state index contributed by atoms with van der Waals surface area (Å²) in [5.41, 5.74) is 0.722. The van der Waals surface area contributed by atoms with Crippen LogP contribution in [-0.4, -0.2) is 39.2 Å². The lowest BCUT2D eigenvalue weighted by Crippen LogP contribution is -2.23. The first-order chi connectivity index (χ1) is 11.6. The Labute approximate surface area is 141 Å². The Hall–Kier alpha value is -2.50. The molecule has 1 fully saturated rings. The van der Waals surface area contributed by atoms with Crippen LogP contribution in [0.3, 0.4) is 0 Å². The molecule has 1 saturated carbocycles. The number of hydrogen-bond acceptors (Lipinski definition) is 6. The van der Waals surface area contributed by atoms with Crippen LogP contribution < -0.4 is 14.2 Å². The molecule has 0 aliphatic heterocycles. The highest BCUT2D eigenvalue weighted by Crippen LogP contribution is 2.38. The van der Waals surface area contributed by atoms with E-state index in [4.69, 9.17) is 18.9 Å². The van der Waals surface area contributed by atoms with Gasteiger partial charge >= 0.3 is 5.97 Å². The number of benzene rings is 1. The zero-order valence-corrected chi connectivity index (χ0v) is 14.2. The number of carbonyl (C=O) groups is 2. The van der Waals surface area contributed by atoms with Gasteiger partial charge in [-0.1, -0.05) is 0 Å². The molecule has 1 aliphatic carbocycles. The maximum Gasteiger partial charge on any atom is 0.331 e. The van der Waals surface area contributed by atoms with Gasteiger partial charge < -0.3 is 18.9 Å². The van der Waals surface area contributed by atoms with Crippen molar-refractivity contribution in [3.63, 3.8) is 0 Å². The number of ether oxygens (including phenoxy) is 4. The first-order valence-corrected chi connectivity index (χ1v) is 7.77. The van der Waals surface area contributed by atoms with Crippen LogP contribution >= 0.6 is 0 Å². The van der Waals surface area contributed by atoms with E-state index in [-0.39, 0.29) is 11.9 Å². The second kappa shape index (κ2) is 8.38. The molecule has 0 spiro atoms. The molecule has 2 rings (SSSR count). The van der Waals surface area contributed by atoms with Gasteiger partial charge in [0, 0.05) is 18.9 Å². The lowest BCUT2D eigenvalue weighted by Gasteiger charge is -2.20. The Morgan fingerprint density at radius 2 is 1.62 bits per heavy atom. The van der Waals surface area contributed by atoms with E-state index in [1.807, 2.05) is 0 Å². The topological polar surface area (TPSA) is 71.1 Å². The molecule has 0 radical (unpaired) electrons. The Kier molecular flexibility index (Phi) is 6.23. The van der Waals surface area contributed by atoms with Crippen LogP contribution in [0.15, 0.2) is 18.2 Å². The van der Waals surface area contributed by atoms with Crippen molar-refractivity contribution >= 4 is 17.8 Å². The fourth-order valence-corrected chi connectivity index (χ4v) is 2.60. The van der Waals surface area contributed by atoms with E-state index in [1.54, 1.807) is 18.2 Å². The van der Waals surface area contributed by atoms with Gasteiger partial charge in [-0.3, -0.25) is 4.79 Å². The van der Waals surface area contributed by atoms with Gasteiger partial charge in [0.05, 0.1) is 21.3 Å². The molecular weight excluding hydrogens is 312 g/mol. The average molecular weight is 334 g/mol. The molecule has 0 amide bonds. The predicted octanol–water partition coefficient (Wildman–Crippen LogP) is 2.78. The monoisotopic (exact) mass is 334 g/mol. The first-order valence-electron chi connectivity index (χ1n) is 7.77. The highest BCUT2D eigenvalue weighted by Gasteiger charge is 2.21. The van der Waals surface area contributed by atoms with Gasteiger partial charge in [-0.25, -0.2) is 4.79 Å². The van der Waals surface area contributed by atoms with Crippen molar-refractivity contribution in [1.29, 1.82) is 0 Å². The molecular formula is C18H22O6. The fourth-order valence-electron chi connectivity index (χ4n) is 2.60. The smallest absolute Gasteiger partial charge is 0.331 e. The molecule has 0 N–H and O–H groups in total. The number of hydrogen-bond donors (Lipinski definition) is 0. The molecule has 130 valence electrons. The van der Waals surface area contributed by atoms with E-state index in [9.17, 15) is 9.59 Å². The second-order valence-corrected chi connectivity index (χ2v) is 5.47. The van der Waals surface area contributed by atoms with Gasteiger partial charge in [0.15, 0.2) is 11.5 Å². The molecule has 0 aromatic heterocycles. The van der Waals surface area contributed by atoms with Crippen LogP contribution in [0.5, 0.6) is 17.2 Å². The van der Waals surface area contributed by atoms with Crippen molar-refractivity contribution in [2.24, 2.45) is 0 Å². The third kappa shape index (κ3) is 4.50. The summed E-state index contributed by atoms with van der Waals surface area (Å²) in [6.45, 7) is 0.